The molecule has 2 atom stereocenters. The minimum absolute atomic E-state index is 0.589. The summed E-state index contributed by atoms with van der Waals surface area (Å²) >= 11 is 0. The van der Waals surface area contributed by atoms with E-state index in [0.29, 0.717) is 17.5 Å². The largest absolute Gasteiger partial charge is 0.311 e. The zero-order valence-corrected chi connectivity index (χ0v) is 13.0. The Kier molecular flexibility index (Phi) is 4.38. The second-order valence-electron chi connectivity index (χ2n) is 7.70. The lowest BCUT2D eigenvalue weighted by Crippen LogP contribution is -2.60. The summed E-state index contributed by atoms with van der Waals surface area (Å²) in [7, 11) is 0. The van der Waals surface area contributed by atoms with Gasteiger partial charge >= 0.3 is 0 Å². The molecule has 1 saturated carbocycles. The molecule has 106 valence electrons. The number of nitrogens with zero attached hydrogens (tertiary/aromatic N) is 1. The van der Waals surface area contributed by atoms with Crippen molar-refractivity contribution in [3.63, 3.8) is 0 Å². The number of piperazine rings is 1. The molecule has 2 aliphatic rings. The van der Waals surface area contributed by atoms with Crippen LogP contribution in [-0.2, 0) is 0 Å². The number of hydrogen-bond acceptors (Lipinski definition) is 2. The van der Waals surface area contributed by atoms with E-state index in [1.165, 1.54) is 38.8 Å². The van der Waals surface area contributed by atoms with Crippen LogP contribution >= 0.6 is 0 Å². The summed E-state index contributed by atoms with van der Waals surface area (Å²) in [5.41, 5.74) is 0.589. The molecule has 18 heavy (non-hydrogen) atoms. The van der Waals surface area contributed by atoms with Crippen LogP contribution in [0.15, 0.2) is 0 Å². The predicted molar refractivity (Wildman–Crippen MR) is 78.8 cm³/mol. The molecule has 2 fully saturated rings. The Morgan fingerprint density at radius 3 is 2.33 bits per heavy atom. The molecule has 2 heteroatoms. The fraction of sp³-hybridized carbons (Fsp3) is 1.00. The summed E-state index contributed by atoms with van der Waals surface area (Å²) in [5, 5.41) is 3.71. The van der Waals surface area contributed by atoms with Crippen molar-refractivity contribution in [3.8, 4) is 0 Å². The SMILES string of the molecule is CC(C)C1CN(C2CCC(C)(C)CC2)C(C)CN1. The van der Waals surface area contributed by atoms with Crippen LogP contribution in [0.3, 0.4) is 0 Å². The van der Waals surface area contributed by atoms with E-state index in [0.717, 1.165) is 12.0 Å². The second-order valence-corrected chi connectivity index (χ2v) is 7.70. The van der Waals surface area contributed by atoms with Crippen LogP contribution < -0.4 is 5.32 Å². The van der Waals surface area contributed by atoms with E-state index >= 15 is 0 Å². The van der Waals surface area contributed by atoms with Crippen molar-refractivity contribution in [2.24, 2.45) is 11.3 Å². The van der Waals surface area contributed by atoms with Gasteiger partial charge in [-0.05, 0) is 43.9 Å². The van der Waals surface area contributed by atoms with Crippen molar-refractivity contribution >= 4 is 0 Å². The Balaban J connectivity index is 1.94. The molecule has 0 spiro atoms. The minimum Gasteiger partial charge on any atom is -0.311 e. The van der Waals surface area contributed by atoms with Gasteiger partial charge in [-0.1, -0.05) is 27.7 Å². The van der Waals surface area contributed by atoms with Crippen molar-refractivity contribution in [1.82, 2.24) is 10.2 Å². The van der Waals surface area contributed by atoms with Crippen LogP contribution in [0.1, 0.15) is 60.3 Å². The fourth-order valence-electron chi connectivity index (χ4n) is 3.58. The van der Waals surface area contributed by atoms with Gasteiger partial charge in [0, 0.05) is 31.2 Å². The average molecular weight is 252 g/mol. The van der Waals surface area contributed by atoms with Gasteiger partial charge in [0.2, 0.25) is 0 Å². The first-order valence-corrected chi connectivity index (χ1v) is 7.88. The third-order valence-corrected chi connectivity index (χ3v) is 5.23. The van der Waals surface area contributed by atoms with E-state index in [9.17, 15) is 0 Å². The van der Waals surface area contributed by atoms with E-state index < -0.39 is 0 Å². The maximum absolute atomic E-state index is 3.71. The monoisotopic (exact) mass is 252 g/mol. The maximum Gasteiger partial charge on any atom is 0.0218 e. The van der Waals surface area contributed by atoms with Crippen LogP contribution in [0, 0.1) is 11.3 Å². The van der Waals surface area contributed by atoms with Gasteiger partial charge < -0.3 is 5.32 Å². The van der Waals surface area contributed by atoms with Gasteiger partial charge in [-0.25, -0.2) is 0 Å². The molecule has 1 N–H and O–H groups in total. The molecular formula is C16H32N2. The molecule has 1 heterocycles. The highest BCUT2D eigenvalue weighted by molar-refractivity contribution is 4.92. The lowest BCUT2D eigenvalue weighted by atomic mass is 9.75. The standard InChI is InChI=1S/C16H32N2/c1-12(2)15-11-18(13(3)10-17-15)14-6-8-16(4,5)9-7-14/h12-15,17H,6-11H2,1-5H3. The Morgan fingerprint density at radius 1 is 1.17 bits per heavy atom. The molecule has 1 saturated heterocycles. The molecule has 1 aliphatic carbocycles. The number of nitrogens with one attached hydrogen (secondary N) is 1. The normalized spacial score (nSPS) is 35.0. The van der Waals surface area contributed by atoms with Gasteiger partial charge in [0.05, 0.1) is 0 Å². The smallest absolute Gasteiger partial charge is 0.0218 e. The Hall–Kier alpha value is -0.0800. The van der Waals surface area contributed by atoms with Crippen molar-refractivity contribution in [2.45, 2.75) is 78.4 Å². The topological polar surface area (TPSA) is 15.3 Å². The van der Waals surface area contributed by atoms with Gasteiger partial charge in [0.1, 0.15) is 0 Å². The molecule has 1 aliphatic heterocycles. The molecule has 2 nitrogen and oxygen atoms in total. The zero-order chi connectivity index (χ0) is 13.3. The van der Waals surface area contributed by atoms with E-state index in [2.05, 4.69) is 44.8 Å². The van der Waals surface area contributed by atoms with Crippen LogP contribution in [0.4, 0.5) is 0 Å². The van der Waals surface area contributed by atoms with Gasteiger partial charge in [-0.3, -0.25) is 4.90 Å². The minimum atomic E-state index is 0.589. The van der Waals surface area contributed by atoms with Gasteiger partial charge in [0.15, 0.2) is 0 Å². The first-order chi connectivity index (χ1) is 8.39. The summed E-state index contributed by atoms with van der Waals surface area (Å²) in [6.45, 7) is 14.4. The number of hydrogen-bond donors (Lipinski definition) is 1. The third-order valence-electron chi connectivity index (χ3n) is 5.23. The highest BCUT2D eigenvalue weighted by Gasteiger charge is 2.35. The van der Waals surface area contributed by atoms with Gasteiger partial charge in [-0.2, -0.15) is 0 Å². The molecule has 2 rings (SSSR count). The lowest BCUT2D eigenvalue weighted by Gasteiger charge is -2.47. The van der Waals surface area contributed by atoms with Crippen molar-refractivity contribution in [3.05, 3.63) is 0 Å². The first-order valence-electron chi connectivity index (χ1n) is 7.88. The number of rotatable bonds is 2. The Bertz CT molecular complexity index is 262. The maximum atomic E-state index is 3.71. The van der Waals surface area contributed by atoms with Crippen LogP contribution in [0.5, 0.6) is 0 Å². The zero-order valence-electron chi connectivity index (χ0n) is 13.0. The summed E-state index contributed by atoms with van der Waals surface area (Å²) in [5.74, 6) is 0.750. The fourth-order valence-corrected chi connectivity index (χ4v) is 3.58. The Morgan fingerprint density at radius 2 is 1.78 bits per heavy atom. The average Bonchev–Trinajstić information content (AvgIpc) is 2.30. The molecular weight excluding hydrogens is 220 g/mol. The first kappa shape index (κ1) is 14.3. The summed E-state index contributed by atoms with van der Waals surface area (Å²) < 4.78 is 0. The van der Waals surface area contributed by atoms with Crippen LogP contribution in [0.2, 0.25) is 0 Å². The molecule has 0 bridgehead atoms. The quantitative estimate of drug-likeness (QED) is 0.811. The van der Waals surface area contributed by atoms with Crippen molar-refractivity contribution in [1.29, 1.82) is 0 Å². The van der Waals surface area contributed by atoms with E-state index in [-0.39, 0.29) is 0 Å². The Labute approximate surface area is 114 Å². The third kappa shape index (κ3) is 3.27. The molecule has 2 unspecified atom stereocenters. The molecule has 0 aromatic rings. The molecule has 0 amide bonds. The highest BCUT2D eigenvalue weighted by atomic mass is 15.3. The van der Waals surface area contributed by atoms with Gasteiger partial charge in [-0.15, -0.1) is 0 Å². The molecule has 0 radical (unpaired) electrons. The van der Waals surface area contributed by atoms with E-state index in [4.69, 9.17) is 0 Å². The van der Waals surface area contributed by atoms with Crippen molar-refractivity contribution < 1.29 is 0 Å². The van der Waals surface area contributed by atoms with E-state index in [1.54, 1.807) is 0 Å². The summed E-state index contributed by atoms with van der Waals surface area (Å²) in [6, 6.07) is 2.25. The summed E-state index contributed by atoms with van der Waals surface area (Å²) in [4.78, 5) is 2.80. The summed E-state index contributed by atoms with van der Waals surface area (Å²) in [6.07, 6.45) is 5.62. The molecule has 0 aromatic heterocycles. The van der Waals surface area contributed by atoms with Gasteiger partial charge in [0.25, 0.3) is 0 Å². The van der Waals surface area contributed by atoms with Crippen LogP contribution in [-0.4, -0.2) is 36.1 Å². The predicted octanol–water partition coefficient (Wildman–Crippen LogP) is 3.27. The van der Waals surface area contributed by atoms with E-state index in [1.807, 2.05) is 0 Å². The van der Waals surface area contributed by atoms with Crippen molar-refractivity contribution in [2.75, 3.05) is 13.1 Å². The molecule has 0 aromatic carbocycles. The highest BCUT2D eigenvalue weighted by Crippen LogP contribution is 2.37. The second kappa shape index (κ2) is 5.50. The van der Waals surface area contributed by atoms with Crippen LogP contribution in [0.25, 0.3) is 0 Å². The lowest BCUT2D eigenvalue weighted by molar-refractivity contribution is 0.0390.